The van der Waals surface area contributed by atoms with E-state index >= 15 is 0 Å². The summed E-state index contributed by atoms with van der Waals surface area (Å²) in [6.07, 6.45) is 0.0441. The third kappa shape index (κ3) is 3.66. The molecule has 1 aromatic heterocycles. The number of aromatic amines is 1. The van der Waals surface area contributed by atoms with Crippen LogP contribution in [0.4, 0.5) is 8.78 Å². The Morgan fingerprint density at radius 1 is 1.28 bits per heavy atom. The normalized spacial score (nSPS) is 13.6. The van der Waals surface area contributed by atoms with Gasteiger partial charge in [-0.2, -0.15) is 5.10 Å². The van der Waals surface area contributed by atoms with Crippen LogP contribution >= 0.6 is 0 Å². The molecule has 0 aliphatic carbocycles. The van der Waals surface area contributed by atoms with Crippen molar-refractivity contribution in [2.24, 2.45) is 0 Å². The molecule has 3 N–H and O–H groups in total. The zero-order valence-corrected chi connectivity index (χ0v) is 13.5. The third-order valence-electron chi connectivity index (χ3n) is 4.02. The summed E-state index contributed by atoms with van der Waals surface area (Å²) in [7, 11) is 0. The Kier molecular flexibility index (Phi) is 4.50. The first kappa shape index (κ1) is 17.0. The van der Waals surface area contributed by atoms with E-state index < -0.39 is 17.2 Å². The summed E-state index contributed by atoms with van der Waals surface area (Å²) in [6, 6.07) is 10.3. The lowest BCUT2D eigenvalue weighted by molar-refractivity contribution is -0.121. The molecule has 3 rings (SSSR count). The van der Waals surface area contributed by atoms with Gasteiger partial charge in [-0.15, -0.1) is 0 Å². The minimum atomic E-state index is -1.66. The van der Waals surface area contributed by atoms with Crippen molar-refractivity contribution in [2.75, 3.05) is 6.54 Å². The minimum absolute atomic E-state index is 0.0441. The maximum absolute atomic E-state index is 13.8. The number of hydrogen-bond acceptors (Lipinski definition) is 3. The molecule has 1 heterocycles. The lowest BCUT2D eigenvalue weighted by Crippen LogP contribution is -2.39. The van der Waals surface area contributed by atoms with Crippen molar-refractivity contribution in [2.45, 2.75) is 18.9 Å². The van der Waals surface area contributed by atoms with Gasteiger partial charge in [0.05, 0.1) is 24.2 Å². The molecule has 0 spiro atoms. The zero-order chi connectivity index (χ0) is 18.0. The number of fused-ring (bicyclic) bond motifs is 1. The monoisotopic (exact) mass is 345 g/mol. The van der Waals surface area contributed by atoms with Crippen molar-refractivity contribution in [3.05, 3.63) is 65.4 Å². The lowest BCUT2D eigenvalue weighted by Gasteiger charge is -2.24. The molecule has 5 nitrogen and oxygen atoms in total. The van der Waals surface area contributed by atoms with E-state index in [0.29, 0.717) is 11.8 Å². The first-order valence-corrected chi connectivity index (χ1v) is 7.73. The van der Waals surface area contributed by atoms with Crippen molar-refractivity contribution < 1.29 is 18.7 Å². The Labute approximate surface area is 142 Å². The number of hydrogen-bond donors (Lipinski definition) is 3. The first-order chi connectivity index (χ1) is 11.9. The molecule has 0 fully saturated rings. The number of aliphatic hydroxyl groups is 1. The van der Waals surface area contributed by atoms with E-state index in [0.717, 1.165) is 17.0 Å². The van der Waals surface area contributed by atoms with E-state index in [9.17, 15) is 18.7 Å². The van der Waals surface area contributed by atoms with Crippen LogP contribution in [0.15, 0.2) is 42.5 Å². The van der Waals surface area contributed by atoms with E-state index in [2.05, 4.69) is 15.5 Å². The predicted octanol–water partition coefficient (Wildman–Crippen LogP) is 2.41. The molecule has 3 aromatic rings. The maximum Gasteiger partial charge on any atom is 0.226 e. The van der Waals surface area contributed by atoms with Crippen LogP contribution in [0.25, 0.3) is 10.9 Å². The Bertz CT molecular complexity index is 922. The molecule has 0 aliphatic rings. The van der Waals surface area contributed by atoms with Gasteiger partial charge in [-0.3, -0.25) is 9.89 Å². The summed E-state index contributed by atoms with van der Waals surface area (Å²) in [5.41, 5.74) is -0.337. The summed E-state index contributed by atoms with van der Waals surface area (Å²) in [6.45, 7) is 1.15. The second-order valence-electron chi connectivity index (χ2n) is 6.07. The highest BCUT2D eigenvalue weighted by atomic mass is 19.1. The van der Waals surface area contributed by atoms with Gasteiger partial charge in [0.15, 0.2) is 0 Å². The fraction of sp³-hybridized carbons (Fsp3) is 0.222. The number of nitrogens with one attached hydrogen (secondary N) is 2. The summed E-state index contributed by atoms with van der Waals surface area (Å²) in [5, 5.41) is 20.7. The molecule has 0 saturated heterocycles. The van der Waals surface area contributed by atoms with Crippen LogP contribution in [0.2, 0.25) is 0 Å². The molecule has 2 aromatic carbocycles. The lowest BCUT2D eigenvalue weighted by atomic mass is 9.95. The third-order valence-corrected chi connectivity index (χ3v) is 4.02. The molecule has 1 amide bonds. The number of carbonyl (C=O) groups excluding carboxylic acids is 1. The number of rotatable bonds is 5. The van der Waals surface area contributed by atoms with E-state index in [4.69, 9.17) is 0 Å². The molecular weight excluding hydrogens is 328 g/mol. The fourth-order valence-corrected chi connectivity index (χ4v) is 2.66. The Balaban J connectivity index is 1.67. The van der Waals surface area contributed by atoms with Gasteiger partial charge in [0.25, 0.3) is 0 Å². The second-order valence-corrected chi connectivity index (χ2v) is 6.07. The number of H-pyrrole nitrogens is 1. The number of carbonyl (C=O) groups is 1. The molecule has 1 atom stereocenters. The first-order valence-electron chi connectivity index (χ1n) is 7.73. The van der Waals surface area contributed by atoms with Crippen LogP contribution in [-0.2, 0) is 16.8 Å². The SMILES string of the molecule is C[C@](O)(CNC(=O)Cc1[nH]nc2ccccc12)c1ccc(F)cc1F. The van der Waals surface area contributed by atoms with Crippen molar-refractivity contribution in [1.82, 2.24) is 15.5 Å². The molecule has 0 radical (unpaired) electrons. The van der Waals surface area contributed by atoms with Crippen molar-refractivity contribution in [1.29, 1.82) is 0 Å². The number of nitrogens with zero attached hydrogens (tertiary/aromatic N) is 1. The smallest absolute Gasteiger partial charge is 0.226 e. The van der Waals surface area contributed by atoms with Gasteiger partial charge in [0.1, 0.15) is 17.2 Å². The van der Waals surface area contributed by atoms with E-state index in [1.54, 1.807) is 0 Å². The van der Waals surface area contributed by atoms with E-state index in [1.165, 1.54) is 13.0 Å². The number of para-hydroxylation sites is 1. The van der Waals surface area contributed by atoms with E-state index in [-0.39, 0.29) is 24.4 Å². The number of halogens is 2. The van der Waals surface area contributed by atoms with Gasteiger partial charge in [0.2, 0.25) is 5.91 Å². The highest BCUT2D eigenvalue weighted by molar-refractivity contribution is 5.87. The van der Waals surface area contributed by atoms with Gasteiger partial charge < -0.3 is 10.4 Å². The van der Waals surface area contributed by atoms with Crippen molar-refractivity contribution in [3.8, 4) is 0 Å². The van der Waals surface area contributed by atoms with Crippen molar-refractivity contribution in [3.63, 3.8) is 0 Å². The van der Waals surface area contributed by atoms with E-state index in [1.807, 2.05) is 24.3 Å². The van der Waals surface area contributed by atoms with Crippen LogP contribution in [0.5, 0.6) is 0 Å². The summed E-state index contributed by atoms with van der Waals surface area (Å²) in [4.78, 5) is 12.1. The number of benzene rings is 2. The van der Waals surface area contributed by atoms with Crippen LogP contribution in [0.1, 0.15) is 18.2 Å². The van der Waals surface area contributed by atoms with Crippen LogP contribution in [0.3, 0.4) is 0 Å². The average molecular weight is 345 g/mol. The van der Waals surface area contributed by atoms with Crippen molar-refractivity contribution >= 4 is 16.8 Å². The van der Waals surface area contributed by atoms with Crippen LogP contribution < -0.4 is 5.32 Å². The summed E-state index contributed by atoms with van der Waals surface area (Å²) >= 11 is 0. The molecule has 0 unspecified atom stereocenters. The largest absolute Gasteiger partial charge is 0.383 e. The topological polar surface area (TPSA) is 78.0 Å². The average Bonchev–Trinajstić information content (AvgIpc) is 2.96. The zero-order valence-electron chi connectivity index (χ0n) is 13.5. The van der Waals surface area contributed by atoms with Gasteiger partial charge in [-0.05, 0) is 19.1 Å². The Hall–Kier alpha value is -2.80. The Morgan fingerprint density at radius 2 is 2.04 bits per heavy atom. The molecule has 25 heavy (non-hydrogen) atoms. The number of amides is 1. The predicted molar refractivity (Wildman–Crippen MR) is 88.7 cm³/mol. The Morgan fingerprint density at radius 3 is 2.80 bits per heavy atom. The van der Waals surface area contributed by atoms with Crippen LogP contribution in [0, 0.1) is 11.6 Å². The second kappa shape index (κ2) is 6.60. The molecule has 0 saturated carbocycles. The van der Waals surface area contributed by atoms with Crippen LogP contribution in [-0.4, -0.2) is 27.8 Å². The summed E-state index contributed by atoms with van der Waals surface area (Å²) in [5.74, 6) is -1.94. The highest BCUT2D eigenvalue weighted by Gasteiger charge is 2.27. The molecule has 7 heteroatoms. The quantitative estimate of drug-likeness (QED) is 0.664. The highest BCUT2D eigenvalue weighted by Crippen LogP contribution is 2.23. The fourth-order valence-electron chi connectivity index (χ4n) is 2.66. The molecule has 130 valence electrons. The molecule has 0 aliphatic heterocycles. The van der Waals surface area contributed by atoms with Gasteiger partial charge in [0, 0.05) is 17.0 Å². The standard InChI is InChI=1S/C18H17F2N3O2/c1-18(25,13-7-6-11(19)8-14(13)20)10-21-17(24)9-16-12-4-2-3-5-15(12)22-23-16/h2-8,25H,9-10H2,1H3,(H,21,24)(H,22,23)/t18-/m0/s1. The summed E-state index contributed by atoms with van der Waals surface area (Å²) < 4.78 is 26.8. The maximum atomic E-state index is 13.8. The molecule has 0 bridgehead atoms. The number of aromatic nitrogens is 2. The minimum Gasteiger partial charge on any atom is -0.383 e. The molecular formula is C18H17F2N3O2. The van der Waals surface area contributed by atoms with Gasteiger partial charge in [-0.25, -0.2) is 8.78 Å². The van der Waals surface area contributed by atoms with Gasteiger partial charge in [-0.1, -0.05) is 24.3 Å². The van der Waals surface area contributed by atoms with Gasteiger partial charge >= 0.3 is 0 Å².